The van der Waals surface area contributed by atoms with Gasteiger partial charge in [0.25, 0.3) is 0 Å². The summed E-state index contributed by atoms with van der Waals surface area (Å²) in [6, 6.07) is 7.94. The van der Waals surface area contributed by atoms with Crippen LogP contribution < -0.4 is 10.1 Å². The third-order valence-electron chi connectivity index (χ3n) is 3.52. The molecule has 1 aliphatic heterocycles. The minimum atomic E-state index is -0.481. The number of rotatable bonds is 4. The van der Waals surface area contributed by atoms with Gasteiger partial charge in [-0.2, -0.15) is 0 Å². The monoisotopic (exact) mass is 249 g/mol. The number of aliphatic hydroxyl groups excluding tert-OH is 1. The quantitative estimate of drug-likeness (QED) is 0.862. The Morgan fingerprint density at radius 2 is 2.17 bits per heavy atom. The van der Waals surface area contributed by atoms with Crippen molar-refractivity contribution in [1.82, 2.24) is 5.32 Å². The van der Waals surface area contributed by atoms with Crippen LogP contribution in [0, 0.1) is 0 Å². The summed E-state index contributed by atoms with van der Waals surface area (Å²) in [4.78, 5) is 0. The molecule has 2 N–H and O–H groups in total. The zero-order chi connectivity index (χ0) is 12.8. The molecule has 1 heterocycles. The van der Waals surface area contributed by atoms with E-state index in [0.717, 1.165) is 24.3 Å². The molecule has 1 aromatic carbocycles. The lowest BCUT2D eigenvalue weighted by Gasteiger charge is -2.24. The lowest BCUT2D eigenvalue weighted by molar-refractivity contribution is 0.122. The molecule has 0 aromatic heterocycles. The Labute approximate surface area is 109 Å². The lowest BCUT2D eigenvalue weighted by Crippen LogP contribution is -2.34. The van der Waals surface area contributed by atoms with E-state index < -0.39 is 6.10 Å². The second-order valence-electron chi connectivity index (χ2n) is 4.83. The van der Waals surface area contributed by atoms with Gasteiger partial charge in [-0.3, -0.25) is 0 Å². The highest BCUT2D eigenvalue weighted by molar-refractivity contribution is 5.35. The van der Waals surface area contributed by atoms with E-state index in [1.165, 1.54) is 19.3 Å². The van der Waals surface area contributed by atoms with Gasteiger partial charge >= 0.3 is 0 Å². The van der Waals surface area contributed by atoms with E-state index in [1.54, 1.807) is 0 Å². The first-order chi connectivity index (χ1) is 8.83. The second-order valence-corrected chi connectivity index (χ2v) is 4.83. The zero-order valence-electron chi connectivity index (χ0n) is 11.1. The van der Waals surface area contributed by atoms with Crippen molar-refractivity contribution in [3.8, 4) is 5.75 Å². The molecule has 0 bridgehead atoms. The van der Waals surface area contributed by atoms with Crippen molar-refractivity contribution in [1.29, 1.82) is 0 Å². The molecule has 0 spiro atoms. The van der Waals surface area contributed by atoms with Crippen molar-refractivity contribution >= 4 is 0 Å². The van der Waals surface area contributed by atoms with Crippen LogP contribution in [0.5, 0.6) is 5.75 Å². The van der Waals surface area contributed by atoms with Crippen molar-refractivity contribution in [2.45, 2.75) is 44.8 Å². The summed E-state index contributed by atoms with van der Waals surface area (Å²) >= 11 is 0. The van der Waals surface area contributed by atoms with Crippen molar-refractivity contribution in [3.05, 3.63) is 29.8 Å². The second kappa shape index (κ2) is 6.76. The maximum atomic E-state index is 10.5. The zero-order valence-corrected chi connectivity index (χ0v) is 11.1. The molecular formula is C15H23NO2. The Balaban J connectivity index is 2.13. The van der Waals surface area contributed by atoms with Crippen molar-refractivity contribution < 1.29 is 9.84 Å². The van der Waals surface area contributed by atoms with Gasteiger partial charge in [-0.1, -0.05) is 31.0 Å². The van der Waals surface area contributed by atoms with Crippen LogP contribution in [-0.4, -0.2) is 24.3 Å². The Morgan fingerprint density at radius 1 is 1.33 bits per heavy atom. The highest BCUT2D eigenvalue weighted by Gasteiger charge is 2.24. The molecule has 1 aliphatic rings. The predicted octanol–water partition coefficient (Wildman–Crippen LogP) is 2.65. The van der Waals surface area contributed by atoms with Crippen molar-refractivity contribution in [2.75, 3.05) is 13.2 Å². The van der Waals surface area contributed by atoms with Crippen LogP contribution in [0.4, 0.5) is 0 Å². The van der Waals surface area contributed by atoms with Gasteiger partial charge < -0.3 is 15.2 Å². The van der Waals surface area contributed by atoms with Gasteiger partial charge in [0.05, 0.1) is 12.7 Å². The van der Waals surface area contributed by atoms with Crippen LogP contribution in [-0.2, 0) is 0 Å². The number of benzene rings is 1. The number of hydrogen-bond acceptors (Lipinski definition) is 3. The topological polar surface area (TPSA) is 41.5 Å². The molecule has 2 rings (SSSR count). The molecule has 18 heavy (non-hydrogen) atoms. The first-order valence-electron chi connectivity index (χ1n) is 6.96. The summed E-state index contributed by atoms with van der Waals surface area (Å²) in [5.41, 5.74) is 0.902. The Kier molecular flexibility index (Phi) is 5.02. The highest BCUT2D eigenvalue weighted by Crippen LogP contribution is 2.29. The summed E-state index contributed by atoms with van der Waals surface area (Å²) in [7, 11) is 0. The molecule has 1 aromatic rings. The summed E-state index contributed by atoms with van der Waals surface area (Å²) in [6.07, 6.45) is 4.19. The molecule has 0 aliphatic carbocycles. The third-order valence-corrected chi connectivity index (χ3v) is 3.52. The lowest BCUT2D eigenvalue weighted by atomic mass is 9.98. The molecule has 0 radical (unpaired) electrons. The molecule has 2 unspecified atom stereocenters. The summed E-state index contributed by atoms with van der Waals surface area (Å²) < 4.78 is 5.59. The molecule has 3 heteroatoms. The van der Waals surface area contributed by atoms with Gasteiger partial charge in [0.2, 0.25) is 0 Å². The van der Waals surface area contributed by atoms with Crippen LogP contribution in [0.2, 0.25) is 0 Å². The van der Waals surface area contributed by atoms with Gasteiger partial charge in [0, 0.05) is 11.6 Å². The van der Waals surface area contributed by atoms with E-state index in [0.29, 0.717) is 6.61 Å². The number of hydrogen-bond donors (Lipinski definition) is 2. The Morgan fingerprint density at radius 3 is 3.00 bits per heavy atom. The molecular weight excluding hydrogens is 226 g/mol. The van der Waals surface area contributed by atoms with Gasteiger partial charge in [0.1, 0.15) is 5.75 Å². The minimum Gasteiger partial charge on any atom is -0.493 e. The maximum absolute atomic E-state index is 10.5. The molecule has 1 fully saturated rings. The Bertz CT molecular complexity index is 359. The number of ether oxygens (including phenoxy) is 1. The molecule has 0 amide bonds. The average Bonchev–Trinajstić information content (AvgIpc) is 2.68. The van der Waals surface area contributed by atoms with Crippen molar-refractivity contribution in [3.63, 3.8) is 0 Å². The van der Waals surface area contributed by atoms with E-state index in [-0.39, 0.29) is 6.04 Å². The fourth-order valence-electron chi connectivity index (χ4n) is 2.55. The number of nitrogens with one attached hydrogen (secondary N) is 1. The fourth-order valence-corrected chi connectivity index (χ4v) is 2.55. The third kappa shape index (κ3) is 3.24. The van der Waals surface area contributed by atoms with Crippen LogP contribution >= 0.6 is 0 Å². The van der Waals surface area contributed by atoms with Crippen molar-refractivity contribution in [2.24, 2.45) is 0 Å². The highest BCUT2D eigenvalue weighted by atomic mass is 16.5. The molecule has 3 nitrogen and oxygen atoms in total. The summed E-state index contributed by atoms with van der Waals surface area (Å²) in [6.45, 7) is 3.59. The number of aliphatic hydroxyl groups is 1. The van der Waals surface area contributed by atoms with Crippen LogP contribution in [0.15, 0.2) is 24.3 Å². The van der Waals surface area contributed by atoms with E-state index in [4.69, 9.17) is 4.74 Å². The predicted molar refractivity (Wildman–Crippen MR) is 72.8 cm³/mol. The van der Waals surface area contributed by atoms with Gasteiger partial charge in [-0.15, -0.1) is 0 Å². The van der Waals surface area contributed by atoms with E-state index in [2.05, 4.69) is 5.32 Å². The molecule has 1 saturated heterocycles. The maximum Gasteiger partial charge on any atom is 0.125 e. The molecule has 100 valence electrons. The summed E-state index contributed by atoms with van der Waals surface area (Å²) in [5.74, 6) is 0.804. The number of para-hydroxylation sites is 1. The van der Waals surface area contributed by atoms with Crippen LogP contribution in [0.25, 0.3) is 0 Å². The average molecular weight is 249 g/mol. The standard InChI is InChI=1S/C15H23NO2/c1-2-18-14-10-6-5-8-12(14)15(17)13-9-4-3-7-11-16-13/h5-6,8,10,13,15-17H,2-4,7,9,11H2,1H3. The Hall–Kier alpha value is -1.06. The first-order valence-corrected chi connectivity index (χ1v) is 6.96. The van der Waals surface area contributed by atoms with Gasteiger partial charge in [-0.05, 0) is 32.4 Å². The normalized spacial score (nSPS) is 22.2. The fraction of sp³-hybridized carbons (Fsp3) is 0.600. The van der Waals surface area contributed by atoms with Crippen LogP contribution in [0.1, 0.15) is 44.3 Å². The molecule has 0 saturated carbocycles. The van der Waals surface area contributed by atoms with E-state index in [1.807, 2.05) is 31.2 Å². The van der Waals surface area contributed by atoms with Gasteiger partial charge in [-0.25, -0.2) is 0 Å². The SMILES string of the molecule is CCOc1ccccc1C(O)C1CCCCCN1. The van der Waals surface area contributed by atoms with E-state index >= 15 is 0 Å². The first kappa shape index (κ1) is 13.4. The van der Waals surface area contributed by atoms with E-state index in [9.17, 15) is 5.11 Å². The minimum absolute atomic E-state index is 0.147. The summed E-state index contributed by atoms with van der Waals surface area (Å²) in [5, 5.41) is 14.0. The van der Waals surface area contributed by atoms with Gasteiger partial charge in [0.15, 0.2) is 0 Å². The smallest absolute Gasteiger partial charge is 0.125 e. The molecule has 2 atom stereocenters. The largest absolute Gasteiger partial charge is 0.493 e. The van der Waals surface area contributed by atoms with Crippen LogP contribution in [0.3, 0.4) is 0 Å².